The first-order valence-corrected chi connectivity index (χ1v) is 8.70. The number of halogens is 1. The number of methoxy groups -OCH3 is 1. The lowest BCUT2D eigenvalue weighted by Crippen LogP contribution is -2.49. The fourth-order valence-electron chi connectivity index (χ4n) is 2.60. The Hall–Kier alpha value is -1.43. The van der Waals surface area contributed by atoms with Crippen molar-refractivity contribution in [2.24, 2.45) is 4.99 Å². The van der Waals surface area contributed by atoms with Crippen molar-refractivity contribution in [1.29, 1.82) is 0 Å². The van der Waals surface area contributed by atoms with Crippen LogP contribution in [0.1, 0.15) is 37.8 Å². The van der Waals surface area contributed by atoms with E-state index in [9.17, 15) is 4.79 Å². The fourth-order valence-corrected chi connectivity index (χ4v) is 2.60. The smallest absolute Gasteiger partial charge is 0.239 e. The molecule has 148 valence electrons. The Morgan fingerprint density at radius 3 is 2.85 bits per heavy atom. The molecule has 0 aliphatic carbocycles. The van der Waals surface area contributed by atoms with E-state index in [4.69, 9.17) is 4.74 Å². The molecule has 1 unspecified atom stereocenters. The quantitative estimate of drug-likeness (QED) is 0.224. The molecule has 0 radical (unpaired) electrons. The Morgan fingerprint density at radius 1 is 1.42 bits per heavy atom. The van der Waals surface area contributed by atoms with Crippen LogP contribution in [-0.4, -0.2) is 66.5 Å². The van der Waals surface area contributed by atoms with Gasteiger partial charge >= 0.3 is 0 Å². The van der Waals surface area contributed by atoms with Gasteiger partial charge in [0.15, 0.2) is 11.8 Å². The summed E-state index contributed by atoms with van der Waals surface area (Å²) in [5, 5.41) is 13.7. The Balaban J connectivity index is 0.00000338. The van der Waals surface area contributed by atoms with E-state index >= 15 is 0 Å². The summed E-state index contributed by atoms with van der Waals surface area (Å²) in [7, 11) is 3.30. The van der Waals surface area contributed by atoms with E-state index in [0.29, 0.717) is 25.0 Å². The molecule has 0 bridgehead atoms. The zero-order chi connectivity index (χ0) is 18.2. The van der Waals surface area contributed by atoms with Crippen LogP contribution < -0.4 is 16.0 Å². The number of fused-ring (bicyclic) bond motifs is 1. The highest BCUT2D eigenvalue weighted by Gasteiger charge is 2.23. The van der Waals surface area contributed by atoms with Crippen molar-refractivity contribution < 1.29 is 9.53 Å². The van der Waals surface area contributed by atoms with Crippen molar-refractivity contribution >= 4 is 35.8 Å². The molecular formula is C16H30IN7O2. The van der Waals surface area contributed by atoms with Gasteiger partial charge in [-0.25, -0.2) is 9.67 Å². The van der Waals surface area contributed by atoms with Gasteiger partial charge < -0.3 is 20.7 Å². The number of carbonyl (C=O) groups is 1. The second-order valence-corrected chi connectivity index (χ2v) is 6.37. The molecule has 2 heterocycles. The van der Waals surface area contributed by atoms with Crippen LogP contribution in [0.3, 0.4) is 0 Å². The van der Waals surface area contributed by atoms with Gasteiger partial charge in [0.25, 0.3) is 0 Å². The van der Waals surface area contributed by atoms with Crippen molar-refractivity contribution in [3.05, 3.63) is 11.6 Å². The third-order valence-electron chi connectivity index (χ3n) is 4.00. The number of aliphatic imine (C=N–C) groups is 1. The summed E-state index contributed by atoms with van der Waals surface area (Å²) in [5.74, 6) is 2.78. The molecule has 3 N–H and O–H groups in total. The average molecular weight is 479 g/mol. The van der Waals surface area contributed by atoms with Gasteiger partial charge in [0.1, 0.15) is 5.82 Å². The molecule has 1 aliphatic rings. The summed E-state index contributed by atoms with van der Waals surface area (Å²) < 4.78 is 6.87. The highest BCUT2D eigenvalue weighted by atomic mass is 127. The fraction of sp³-hybridized carbons (Fsp3) is 0.750. The van der Waals surface area contributed by atoms with E-state index in [1.165, 1.54) is 0 Å². The van der Waals surface area contributed by atoms with Crippen molar-refractivity contribution in [3.63, 3.8) is 0 Å². The van der Waals surface area contributed by atoms with E-state index in [2.05, 4.69) is 44.9 Å². The van der Waals surface area contributed by atoms with E-state index in [-0.39, 0.29) is 42.5 Å². The zero-order valence-corrected chi connectivity index (χ0v) is 18.2. The summed E-state index contributed by atoms with van der Waals surface area (Å²) in [6.07, 6.45) is 1.84. The van der Waals surface area contributed by atoms with Crippen LogP contribution in [0.2, 0.25) is 0 Å². The van der Waals surface area contributed by atoms with Crippen molar-refractivity contribution in [1.82, 2.24) is 30.7 Å². The minimum atomic E-state index is -0.0937. The summed E-state index contributed by atoms with van der Waals surface area (Å²) in [4.78, 5) is 20.5. The highest BCUT2D eigenvalue weighted by Crippen LogP contribution is 2.16. The number of aryl methyl sites for hydroxylation is 1. The lowest BCUT2D eigenvalue weighted by atomic mass is 10.1. The zero-order valence-electron chi connectivity index (χ0n) is 15.9. The minimum Gasteiger partial charge on any atom is -0.383 e. The molecule has 1 aliphatic heterocycles. The van der Waals surface area contributed by atoms with Crippen LogP contribution in [0.15, 0.2) is 4.99 Å². The third kappa shape index (κ3) is 6.71. The van der Waals surface area contributed by atoms with Gasteiger partial charge in [0.2, 0.25) is 5.91 Å². The number of nitrogens with zero attached hydrogens (tertiary/aromatic N) is 4. The van der Waals surface area contributed by atoms with E-state index < -0.39 is 0 Å². The molecule has 10 heteroatoms. The molecule has 1 aromatic rings. The van der Waals surface area contributed by atoms with Crippen LogP contribution in [0.4, 0.5) is 0 Å². The van der Waals surface area contributed by atoms with Gasteiger partial charge in [-0.05, 0) is 6.42 Å². The standard InChI is InChI=1S/C16H29N7O2.HI/c1-11(2)15-21-13-6-5-12(10-23(13)22-15)20-16(17-3)19-9-14(24)18-7-8-25-4;/h11-12H,5-10H2,1-4H3,(H,18,24)(H2,17,19,20);1H. The number of nitrogens with one attached hydrogen (secondary N) is 3. The molecule has 0 aromatic carbocycles. The van der Waals surface area contributed by atoms with Crippen LogP contribution in [-0.2, 0) is 22.5 Å². The number of hydrogen-bond donors (Lipinski definition) is 3. The monoisotopic (exact) mass is 479 g/mol. The molecule has 1 aromatic heterocycles. The number of rotatable bonds is 7. The summed E-state index contributed by atoms with van der Waals surface area (Å²) in [5.41, 5.74) is 0. The number of guanidine groups is 1. The predicted octanol–water partition coefficient (Wildman–Crippen LogP) is 0.262. The van der Waals surface area contributed by atoms with E-state index in [1.54, 1.807) is 14.2 Å². The molecule has 26 heavy (non-hydrogen) atoms. The highest BCUT2D eigenvalue weighted by molar-refractivity contribution is 14.0. The first-order valence-electron chi connectivity index (χ1n) is 8.70. The molecule has 0 spiro atoms. The van der Waals surface area contributed by atoms with Crippen molar-refractivity contribution in [2.75, 3.05) is 33.9 Å². The molecule has 0 saturated heterocycles. The number of hydrogen-bond acceptors (Lipinski definition) is 5. The second kappa shape index (κ2) is 11.3. The molecule has 9 nitrogen and oxygen atoms in total. The Morgan fingerprint density at radius 2 is 2.19 bits per heavy atom. The molecule has 1 amide bonds. The van der Waals surface area contributed by atoms with Crippen LogP contribution in [0, 0.1) is 0 Å². The molecular weight excluding hydrogens is 449 g/mol. The van der Waals surface area contributed by atoms with Gasteiger partial charge in [-0.1, -0.05) is 13.8 Å². The third-order valence-corrected chi connectivity index (χ3v) is 4.00. The molecule has 0 saturated carbocycles. The van der Waals surface area contributed by atoms with Gasteiger partial charge in [0.05, 0.1) is 19.7 Å². The van der Waals surface area contributed by atoms with Gasteiger partial charge in [-0.3, -0.25) is 9.79 Å². The summed E-state index contributed by atoms with van der Waals surface area (Å²) in [6.45, 7) is 6.11. The second-order valence-electron chi connectivity index (χ2n) is 6.37. The largest absolute Gasteiger partial charge is 0.383 e. The van der Waals surface area contributed by atoms with E-state index in [0.717, 1.165) is 31.0 Å². The number of ether oxygens (including phenoxy) is 1. The molecule has 1 atom stereocenters. The number of carbonyl (C=O) groups excluding carboxylic acids is 1. The predicted molar refractivity (Wildman–Crippen MR) is 111 cm³/mol. The molecule has 2 rings (SSSR count). The first-order chi connectivity index (χ1) is 12.0. The maximum absolute atomic E-state index is 11.7. The number of aromatic nitrogens is 3. The van der Waals surface area contributed by atoms with Crippen molar-refractivity contribution in [2.45, 2.75) is 45.2 Å². The normalized spacial score (nSPS) is 16.7. The van der Waals surface area contributed by atoms with Crippen LogP contribution >= 0.6 is 24.0 Å². The Bertz CT molecular complexity index is 603. The minimum absolute atomic E-state index is 0. The Kier molecular flexibility index (Phi) is 9.84. The first kappa shape index (κ1) is 22.6. The maximum Gasteiger partial charge on any atom is 0.239 e. The Labute approximate surface area is 171 Å². The number of amides is 1. The average Bonchev–Trinajstić information content (AvgIpc) is 3.02. The van der Waals surface area contributed by atoms with Crippen LogP contribution in [0.25, 0.3) is 0 Å². The SMILES string of the molecule is CN=C(NCC(=O)NCCOC)NC1CCc2nc(C(C)C)nn2C1.I. The van der Waals surface area contributed by atoms with E-state index in [1.807, 2.05) is 4.68 Å². The molecule has 0 fully saturated rings. The van der Waals surface area contributed by atoms with Gasteiger partial charge in [-0.15, -0.1) is 24.0 Å². The van der Waals surface area contributed by atoms with Gasteiger partial charge in [-0.2, -0.15) is 5.10 Å². The van der Waals surface area contributed by atoms with Gasteiger partial charge in [0, 0.05) is 39.1 Å². The summed E-state index contributed by atoms with van der Waals surface area (Å²) in [6, 6.07) is 0.206. The lowest BCUT2D eigenvalue weighted by Gasteiger charge is -2.25. The lowest BCUT2D eigenvalue weighted by molar-refractivity contribution is -0.120. The van der Waals surface area contributed by atoms with Crippen molar-refractivity contribution in [3.8, 4) is 0 Å². The van der Waals surface area contributed by atoms with Crippen LogP contribution in [0.5, 0.6) is 0 Å². The summed E-state index contributed by atoms with van der Waals surface area (Å²) >= 11 is 0. The maximum atomic E-state index is 11.7. The topological polar surface area (TPSA) is 105 Å².